The van der Waals surface area contributed by atoms with Crippen molar-refractivity contribution in [3.05, 3.63) is 96.2 Å². The maximum atomic E-state index is 11.3. The molecule has 0 aliphatic heterocycles. The third-order valence-electron chi connectivity index (χ3n) is 5.62. The molecule has 6 heteroatoms. The number of imidazole rings is 1. The zero-order valence-corrected chi connectivity index (χ0v) is 17.3. The van der Waals surface area contributed by atoms with E-state index in [1.165, 1.54) is 17.0 Å². The molecule has 2 heterocycles. The number of rotatable bonds is 6. The van der Waals surface area contributed by atoms with Crippen molar-refractivity contribution in [2.24, 2.45) is 0 Å². The minimum Gasteiger partial charge on any atom is -0.361 e. The summed E-state index contributed by atoms with van der Waals surface area (Å²) < 4.78 is 2.25. The van der Waals surface area contributed by atoms with Crippen LogP contribution < -0.4 is 5.48 Å². The predicted molar refractivity (Wildman–Crippen MR) is 126 cm³/mol. The van der Waals surface area contributed by atoms with E-state index in [0.717, 1.165) is 46.5 Å². The monoisotopic (exact) mass is 422 g/mol. The number of carbonyl (C=O) groups is 1. The third-order valence-corrected chi connectivity index (χ3v) is 5.62. The predicted octanol–water partition coefficient (Wildman–Crippen LogP) is 4.95. The van der Waals surface area contributed by atoms with Gasteiger partial charge in [0.25, 0.3) is 5.91 Å². The Morgan fingerprint density at radius 2 is 1.91 bits per heavy atom. The molecule has 0 bridgehead atoms. The highest BCUT2D eigenvalue weighted by Gasteiger charge is 2.13. The van der Waals surface area contributed by atoms with Gasteiger partial charge in [-0.25, -0.2) is 10.5 Å². The summed E-state index contributed by atoms with van der Waals surface area (Å²) in [4.78, 5) is 19.6. The normalized spacial score (nSPS) is 11.5. The number of amides is 1. The van der Waals surface area contributed by atoms with E-state index in [4.69, 9.17) is 10.2 Å². The van der Waals surface area contributed by atoms with Crippen molar-refractivity contribution in [1.29, 1.82) is 0 Å². The van der Waals surface area contributed by atoms with E-state index in [9.17, 15) is 4.79 Å². The second-order valence-corrected chi connectivity index (χ2v) is 7.62. The summed E-state index contributed by atoms with van der Waals surface area (Å²) in [6.45, 7) is 0.782. The molecule has 3 N–H and O–H groups in total. The Kier molecular flexibility index (Phi) is 5.27. The molecule has 0 unspecified atom stereocenters. The minimum absolute atomic E-state index is 0.568. The summed E-state index contributed by atoms with van der Waals surface area (Å²) in [7, 11) is 0. The van der Waals surface area contributed by atoms with Gasteiger partial charge >= 0.3 is 0 Å². The van der Waals surface area contributed by atoms with E-state index < -0.39 is 5.91 Å². The minimum atomic E-state index is -0.568. The van der Waals surface area contributed by atoms with Gasteiger partial charge < -0.3 is 9.55 Å². The molecule has 5 rings (SSSR count). The molecular weight excluding hydrogens is 400 g/mol. The first-order chi connectivity index (χ1) is 15.7. The number of hydroxylamine groups is 1. The van der Waals surface area contributed by atoms with E-state index in [-0.39, 0.29) is 0 Å². The van der Waals surface area contributed by atoms with Crippen molar-refractivity contribution in [3.8, 4) is 11.4 Å². The number of hydrogen-bond acceptors (Lipinski definition) is 3. The van der Waals surface area contributed by atoms with Crippen LogP contribution in [0, 0.1) is 0 Å². The lowest BCUT2D eigenvalue weighted by atomic mass is 10.1. The molecule has 0 aliphatic rings. The molecule has 1 amide bonds. The maximum absolute atomic E-state index is 11.3. The zero-order valence-electron chi connectivity index (χ0n) is 17.3. The van der Waals surface area contributed by atoms with Gasteiger partial charge in [-0.15, -0.1) is 0 Å². The van der Waals surface area contributed by atoms with E-state index >= 15 is 0 Å². The van der Waals surface area contributed by atoms with Gasteiger partial charge in [0.1, 0.15) is 5.82 Å². The summed E-state index contributed by atoms with van der Waals surface area (Å²) in [5.41, 5.74) is 7.87. The van der Waals surface area contributed by atoms with Crippen LogP contribution in [0.25, 0.3) is 39.4 Å². The molecule has 2 aromatic heterocycles. The SMILES string of the molecule is O=C(/C=C/c1cccc(-c2nc3ccccc3n2CCc2c[nH]c3ccccc23)c1)NO. The van der Waals surface area contributed by atoms with E-state index in [1.807, 2.05) is 48.5 Å². The van der Waals surface area contributed by atoms with Crippen molar-refractivity contribution in [3.63, 3.8) is 0 Å². The number of para-hydroxylation sites is 3. The van der Waals surface area contributed by atoms with Crippen LogP contribution in [-0.4, -0.2) is 25.6 Å². The van der Waals surface area contributed by atoms with Crippen LogP contribution in [0.2, 0.25) is 0 Å². The number of nitrogens with one attached hydrogen (secondary N) is 2. The van der Waals surface area contributed by atoms with Crippen LogP contribution in [-0.2, 0) is 17.8 Å². The van der Waals surface area contributed by atoms with E-state index in [0.29, 0.717) is 0 Å². The van der Waals surface area contributed by atoms with E-state index in [1.54, 1.807) is 11.6 Å². The molecule has 0 saturated carbocycles. The van der Waals surface area contributed by atoms with Crippen molar-refractivity contribution >= 4 is 33.9 Å². The fraction of sp³-hybridized carbons (Fsp3) is 0.0769. The highest BCUT2D eigenvalue weighted by atomic mass is 16.5. The number of aryl methyl sites for hydroxylation is 2. The summed E-state index contributed by atoms with van der Waals surface area (Å²) in [6, 6.07) is 24.3. The third kappa shape index (κ3) is 3.79. The Labute approximate surface area is 184 Å². The maximum Gasteiger partial charge on any atom is 0.267 e. The van der Waals surface area contributed by atoms with Gasteiger partial charge in [0.2, 0.25) is 0 Å². The fourth-order valence-electron chi connectivity index (χ4n) is 4.08. The van der Waals surface area contributed by atoms with Gasteiger partial charge in [-0.2, -0.15) is 0 Å². The van der Waals surface area contributed by atoms with Gasteiger partial charge in [0.05, 0.1) is 11.0 Å². The molecule has 158 valence electrons. The van der Waals surface area contributed by atoms with Gasteiger partial charge in [-0.1, -0.05) is 48.5 Å². The molecule has 0 spiro atoms. The average molecular weight is 422 g/mol. The molecule has 32 heavy (non-hydrogen) atoms. The molecule has 5 aromatic rings. The summed E-state index contributed by atoms with van der Waals surface area (Å²) in [5, 5.41) is 9.94. The summed E-state index contributed by atoms with van der Waals surface area (Å²) in [5.74, 6) is 0.314. The van der Waals surface area contributed by atoms with Crippen molar-refractivity contribution in [1.82, 2.24) is 20.0 Å². The first kappa shape index (κ1) is 19.8. The van der Waals surface area contributed by atoms with Crippen LogP contribution in [0.5, 0.6) is 0 Å². The number of aromatic amines is 1. The van der Waals surface area contributed by atoms with Crippen molar-refractivity contribution in [2.45, 2.75) is 13.0 Å². The lowest BCUT2D eigenvalue weighted by Crippen LogP contribution is -2.14. The topological polar surface area (TPSA) is 82.9 Å². The molecule has 3 aromatic carbocycles. The summed E-state index contributed by atoms with van der Waals surface area (Å²) >= 11 is 0. The van der Waals surface area contributed by atoms with Crippen LogP contribution in [0.3, 0.4) is 0 Å². The standard InChI is InChI=1S/C26H22N4O2/c31-25(29-32)13-12-18-6-5-7-19(16-18)26-28-23-10-3-4-11-24(23)30(26)15-14-20-17-27-22-9-2-1-8-21(20)22/h1-13,16-17,27,32H,14-15H2,(H,29,31)/b13-12+. The Balaban J connectivity index is 1.52. The highest BCUT2D eigenvalue weighted by Crippen LogP contribution is 2.27. The van der Waals surface area contributed by atoms with E-state index in [2.05, 4.69) is 40.0 Å². The Morgan fingerprint density at radius 1 is 1.06 bits per heavy atom. The molecule has 0 fully saturated rings. The molecule has 0 radical (unpaired) electrons. The van der Waals surface area contributed by atoms with Gasteiger partial charge in [-0.3, -0.25) is 10.0 Å². The van der Waals surface area contributed by atoms with Crippen LogP contribution in [0.4, 0.5) is 0 Å². The first-order valence-electron chi connectivity index (χ1n) is 10.5. The molecular formula is C26H22N4O2. The number of aromatic nitrogens is 3. The fourth-order valence-corrected chi connectivity index (χ4v) is 4.08. The van der Waals surface area contributed by atoms with Crippen molar-refractivity contribution < 1.29 is 10.0 Å². The Bertz CT molecular complexity index is 1440. The largest absolute Gasteiger partial charge is 0.361 e. The number of fused-ring (bicyclic) bond motifs is 2. The first-order valence-corrected chi connectivity index (χ1v) is 10.5. The Hall–Kier alpha value is -4.16. The Morgan fingerprint density at radius 3 is 2.81 bits per heavy atom. The molecule has 0 saturated heterocycles. The number of H-pyrrole nitrogens is 1. The van der Waals surface area contributed by atoms with Gasteiger partial charge in [0, 0.05) is 35.3 Å². The lowest BCUT2D eigenvalue weighted by Gasteiger charge is -2.10. The van der Waals surface area contributed by atoms with Crippen LogP contribution in [0.15, 0.2) is 85.1 Å². The molecule has 0 atom stereocenters. The number of hydrogen-bond donors (Lipinski definition) is 3. The zero-order chi connectivity index (χ0) is 21.9. The molecule has 6 nitrogen and oxygen atoms in total. The number of carbonyl (C=O) groups excluding carboxylic acids is 1. The summed E-state index contributed by atoms with van der Waals surface area (Å²) in [6.07, 6.45) is 5.90. The quantitative estimate of drug-likeness (QED) is 0.206. The smallest absolute Gasteiger partial charge is 0.267 e. The molecule has 0 aliphatic carbocycles. The number of nitrogens with zero attached hydrogens (tertiary/aromatic N) is 2. The van der Waals surface area contributed by atoms with Crippen molar-refractivity contribution in [2.75, 3.05) is 0 Å². The van der Waals surface area contributed by atoms with Gasteiger partial charge in [0.15, 0.2) is 0 Å². The number of benzene rings is 3. The van der Waals surface area contributed by atoms with Crippen LogP contribution >= 0.6 is 0 Å². The van der Waals surface area contributed by atoms with Crippen LogP contribution in [0.1, 0.15) is 11.1 Å². The second kappa shape index (κ2) is 8.53. The lowest BCUT2D eigenvalue weighted by molar-refractivity contribution is -0.124. The average Bonchev–Trinajstić information content (AvgIpc) is 3.42. The van der Waals surface area contributed by atoms with Gasteiger partial charge in [-0.05, 0) is 47.9 Å². The highest BCUT2D eigenvalue weighted by molar-refractivity contribution is 5.91. The second-order valence-electron chi connectivity index (χ2n) is 7.62.